The lowest BCUT2D eigenvalue weighted by molar-refractivity contribution is -0.771. The van der Waals surface area contributed by atoms with Crippen molar-refractivity contribution in [1.29, 1.82) is 0 Å². The summed E-state index contributed by atoms with van der Waals surface area (Å²) >= 11 is 0. The van der Waals surface area contributed by atoms with Gasteiger partial charge < -0.3 is 15.9 Å². The molecule has 1 unspecified atom stereocenters. The van der Waals surface area contributed by atoms with Crippen LogP contribution in [0.2, 0.25) is 0 Å². The Bertz CT molecular complexity index is 927. The van der Waals surface area contributed by atoms with Gasteiger partial charge in [-0.15, -0.1) is 5.10 Å². The number of hydrogen-bond donors (Lipinski definition) is 3. The molecule has 1 aliphatic rings. The van der Waals surface area contributed by atoms with Crippen molar-refractivity contribution in [3.05, 3.63) is 41.8 Å². The van der Waals surface area contributed by atoms with Crippen LogP contribution in [-0.2, 0) is 4.79 Å². The quantitative estimate of drug-likeness (QED) is 0.387. The number of tetrazole rings is 1. The number of aromatic amines is 1. The molecule has 160 valence electrons. The molecule has 2 heterocycles. The van der Waals surface area contributed by atoms with E-state index in [0.717, 1.165) is 25.7 Å². The molecule has 1 aliphatic heterocycles. The Morgan fingerprint density at radius 1 is 1.20 bits per heavy atom. The number of carboxylic acid groups (broad SMARTS) is 1. The van der Waals surface area contributed by atoms with Crippen molar-refractivity contribution in [2.45, 2.75) is 32.6 Å². The normalized spacial score (nSPS) is 17.3. The number of aliphatic carboxylic acids is 1. The molecule has 0 bridgehead atoms. The molecule has 5 N–H and O–H groups in total. The second-order valence-corrected chi connectivity index (χ2v) is 6.95. The predicted octanol–water partition coefficient (Wildman–Crippen LogP) is 1.09. The van der Waals surface area contributed by atoms with Crippen LogP contribution in [0.15, 0.2) is 41.3 Å². The maximum absolute atomic E-state index is 12.8. The highest BCUT2D eigenvalue weighted by molar-refractivity contribution is 6.01. The first-order valence-electron chi connectivity index (χ1n) is 9.54. The average molecular weight is 416 g/mol. The molecule has 1 amide bonds. The number of H-pyrrole nitrogens is 1. The van der Waals surface area contributed by atoms with Crippen molar-refractivity contribution in [2.75, 3.05) is 13.1 Å². The summed E-state index contributed by atoms with van der Waals surface area (Å²) in [7, 11) is 0. The van der Waals surface area contributed by atoms with E-state index in [4.69, 9.17) is 0 Å². The van der Waals surface area contributed by atoms with Gasteiger partial charge >= 0.3 is 5.97 Å². The molecule has 0 saturated heterocycles. The Labute approximate surface area is 173 Å². The number of benzene rings is 1. The highest BCUT2D eigenvalue weighted by Gasteiger charge is 2.32. The number of quaternary nitrogens is 1. The maximum atomic E-state index is 12.8. The van der Waals surface area contributed by atoms with E-state index in [2.05, 4.69) is 37.9 Å². The average Bonchev–Trinajstić information content (AvgIpc) is 3.36. The van der Waals surface area contributed by atoms with Gasteiger partial charge in [-0.05, 0) is 29.3 Å². The number of carbonyl (C=O) groups excluding carboxylic acids is 1. The second-order valence-electron chi connectivity index (χ2n) is 6.95. The molecule has 2 aromatic rings. The van der Waals surface area contributed by atoms with Gasteiger partial charge in [0.05, 0.1) is 12.1 Å². The second kappa shape index (κ2) is 10.4. The molecule has 0 aliphatic carbocycles. The van der Waals surface area contributed by atoms with E-state index in [0.29, 0.717) is 29.3 Å². The standard InChI is InChI=1S/C19H23N7O3.H2O/c1-2-3-4-7-10-26(12-17(27)28)11-16(20-13-26)21-19(29)15-9-6-5-8-14(15)18-22-24-25-23-18;/h5-6,8-9,11,13H,2-4,7,10,12H2,1H3,(H2-,21,22,23,24,25,27,28,29);1H2/p+1. The molecule has 0 spiro atoms. The van der Waals surface area contributed by atoms with Crippen molar-refractivity contribution in [3.63, 3.8) is 0 Å². The molecule has 11 heteroatoms. The Kier molecular flexibility index (Phi) is 7.90. The molecule has 11 nitrogen and oxygen atoms in total. The number of rotatable bonds is 10. The smallest absolute Gasteiger partial charge is 0.360 e. The van der Waals surface area contributed by atoms with Crippen molar-refractivity contribution >= 4 is 18.2 Å². The number of carboxylic acids is 1. The van der Waals surface area contributed by atoms with Gasteiger partial charge in [0.25, 0.3) is 5.91 Å². The fourth-order valence-electron chi connectivity index (χ4n) is 3.27. The van der Waals surface area contributed by atoms with Crippen LogP contribution >= 0.6 is 0 Å². The molecular weight excluding hydrogens is 390 g/mol. The maximum Gasteiger partial charge on any atom is 0.360 e. The Morgan fingerprint density at radius 2 is 2.00 bits per heavy atom. The van der Waals surface area contributed by atoms with E-state index in [1.54, 1.807) is 36.8 Å². The lowest BCUT2D eigenvalue weighted by Gasteiger charge is -2.25. The summed E-state index contributed by atoms with van der Waals surface area (Å²) in [6.45, 7) is 2.63. The van der Waals surface area contributed by atoms with Gasteiger partial charge in [-0.2, -0.15) is 4.99 Å². The summed E-state index contributed by atoms with van der Waals surface area (Å²) in [5, 5.41) is 25.7. The zero-order chi connectivity index (χ0) is 20.7. The summed E-state index contributed by atoms with van der Waals surface area (Å²) in [5.74, 6) is -0.579. The minimum Gasteiger partial charge on any atom is -0.477 e. The molecule has 3 rings (SSSR count). The fourth-order valence-corrected chi connectivity index (χ4v) is 3.27. The fraction of sp³-hybridized carbons (Fsp3) is 0.368. The summed E-state index contributed by atoms with van der Waals surface area (Å²) < 4.78 is 0.0856. The number of unbranched alkanes of at least 4 members (excludes halogenated alkanes) is 3. The molecular formula is C19H26N7O4+. The lowest BCUT2D eigenvalue weighted by Crippen LogP contribution is -2.45. The van der Waals surface area contributed by atoms with Crippen molar-refractivity contribution in [1.82, 2.24) is 25.9 Å². The Balaban J connectivity index is 0.00000320. The third-order valence-corrected chi connectivity index (χ3v) is 4.68. The molecule has 0 radical (unpaired) electrons. The van der Waals surface area contributed by atoms with E-state index >= 15 is 0 Å². The van der Waals surface area contributed by atoms with Crippen LogP contribution < -0.4 is 5.32 Å². The van der Waals surface area contributed by atoms with Gasteiger partial charge in [0, 0.05) is 5.56 Å². The number of aromatic nitrogens is 4. The zero-order valence-corrected chi connectivity index (χ0v) is 16.7. The van der Waals surface area contributed by atoms with Gasteiger partial charge in [-0.1, -0.05) is 38.0 Å². The van der Waals surface area contributed by atoms with E-state index in [9.17, 15) is 14.7 Å². The van der Waals surface area contributed by atoms with Gasteiger partial charge in [0.15, 0.2) is 24.5 Å². The van der Waals surface area contributed by atoms with E-state index in [1.807, 2.05) is 0 Å². The minimum atomic E-state index is -0.918. The number of nitrogens with zero attached hydrogens (tertiary/aromatic N) is 5. The van der Waals surface area contributed by atoms with E-state index in [-0.39, 0.29) is 22.4 Å². The van der Waals surface area contributed by atoms with Crippen molar-refractivity contribution in [2.24, 2.45) is 4.99 Å². The van der Waals surface area contributed by atoms with Crippen LogP contribution in [-0.4, -0.2) is 67.0 Å². The molecule has 30 heavy (non-hydrogen) atoms. The topological polar surface area (TPSA) is 165 Å². The summed E-state index contributed by atoms with van der Waals surface area (Å²) in [6, 6.07) is 6.93. The first-order valence-corrected chi connectivity index (χ1v) is 9.54. The predicted molar refractivity (Wildman–Crippen MR) is 109 cm³/mol. The zero-order valence-electron chi connectivity index (χ0n) is 16.7. The van der Waals surface area contributed by atoms with Gasteiger partial charge in [-0.3, -0.25) is 4.79 Å². The highest BCUT2D eigenvalue weighted by Crippen LogP contribution is 2.21. The molecule has 0 fully saturated rings. The molecule has 1 aromatic carbocycles. The first-order chi connectivity index (χ1) is 14.0. The minimum absolute atomic E-state index is 0. The third kappa shape index (κ3) is 5.55. The summed E-state index contributed by atoms with van der Waals surface area (Å²) in [4.78, 5) is 28.4. The number of hydrogen-bond acceptors (Lipinski definition) is 6. The SMILES string of the molecule is CCCCCC[N+]1(CC(=O)O)C=NC(NC(=O)c2ccccc2-c2nnn[nH]2)=C1.O. The van der Waals surface area contributed by atoms with Crippen molar-refractivity contribution in [3.8, 4) is 11.4 Å². The molecule has 1 atom stereocenters. The monoisotopic (exact) mass is 416 g/mol. The van der Waals surface area contributed by atoms with Crippen molar-refractivity contribution < 1.29 is 24.7 Å². The van der Waals surface area contributed by atoms with Crippen LogP contribution in [0.1, 0.15) is 43.0 Å². The largest absolute Gasteiger partial charge is 0.477 e. The third-order valence-electron chi connectivity index (χ3n) is 4.68. The first kappa shape index (κ1) is 22.8. The van der Waals surface area contributed by atoms with E-state index < -0.39 is 5.97 Å². The van der Waals surface area contributed by atoms with Gasteiger partial charge in [0.2, 0.25) is 0 Å². The highest BCUT2D eigenvalue weighted by atomic mass is 16.4. The van der Waals surface area contributed by atoms with Gasteiger partial charge in [-0.25, -0.2) is 14.4 Å². The number of nitrogens with one attached hydrogen (secondary N) is 2. The van der Waals surface area contributed by atoms with E-state index in [1.165, 1.54) is 0 Å². The number of carbonyl (C=O) groups is 2. The van der Waals surface area contributed by atoms with Crippen LogP contribution in [0.5, 0.6) is 0 Å². The number of amides is 1. The molecule has 0 saturated carbocycles. The van der Waals surface area contributed by atoms with Crippen LogP contribution in [0.3, 0.4) is 0 Å². The Hall–Kier alpha value is -3.44. The lowest BCUT2D eigenvalue weighted by atomic mass is 10.1. The Morgan fingerprint density at radius 3 is 2.70 bits per heavy atom. The summed E-state index contributed by atoms with van der Waals surface area (Å²) in [5.41, 5.74) is 0.941. The summed E-state index contributed by atoms with van der Waals surface area (Å²) in [6.07, 6.45) is 7.39. The number of aliphatic imine (C=N–C) groups is 1. The van der Waals surface area contributed by atoms with Crippen LogP contribution in [0, 0.1) is 0 Å². The van der Waals surface area contributed by atoms with Gasteiger partial charge in [0.1, 0.15) is 6.20 Å². The van der Waals surface area contributed by atoms with Crippen LogP contribution in [0.25, 0.3) is 11.4 Å². The van der Waals surface area contributed by atoms with Crippen LogP contribution in [0.4, 0.5) is 0 Å². The molecule has 1 aromatic heterocycles.